The van der Waals surface area contributed by atoms with Crippen LogP contribution in [0.15, 0.2) is 12.4 Å². The van der Waals surface area contributed by atoms with Gasteiger partial charge in [0.15, 0.2) is 0 Å². The Labute approximate surface area is 122 Å². The van der Waals surface area contributed by atoms with E-state index in [1.54, 1.807) is 0 Å². The molecule has 0 saturated carbocycles. The number of nitrogens with zero attached hydrogens (tertiary/aromatic N) is 3. The minimum atomic E-state index is -1.27. The van der Waals surface area contributed by atoms with Crippen LogP contribution in [0.2, 0.25) is 39.3 Å². The van der Waals surface area contributed by atoms with Crippen LogP contribution in [0.5, 0.6) is 0 Å². The summed E-state index contributed by atoms with van der Waals surface area (Å²) in [6.45, 7) is 20.6. The van der Waals surface area contributed by atoms with Gasteiger partial charge in [0, 0.05) is 32.0 Å². The van der Waals surface area contributed by atoms with Gasteiger partial charge in [-0.3, -0.25) is 0 Å². The summed E-state index contributed by atoms with van der Waals surface area (Å²) in [5.41, 5.74) is 0. The third kappa shape index (κ3) is 4.10. The minimum absolute atomic E-state index is 0.499. The summed E-state index contributed by atoms with van der Waals surface area (Å²) in [4.78, 5) is 4.86. The summed E-state index contributed by atoms with van der Waals surface area (Å²) < 4.78 is 2.88. The average molecular weight is 300 g/mol. The molecule has 1 atom stereocenters. The van der Waals surface area contributed by atoms with Crippen LogP contribution in [0.1, 0.15) is 13.8 Å². The molecule has 19 heavy (non-hydrogen) atoms. The number of rotatable bonds is 5. The Hall–Kier alpha value is -0.266. The van der Waals surface area contributed by atoms with Crippen molar-refractivity contribution in [1.29, 1.82) is 0 Å². The lowest BCUT2D eigenvalue weighted by Crippen LogP contribution is -2.63. The quantitative estimate of drug-likeness (QED) is 0.720. The Morgan fingerprint density at radius 3 is 1.84 bits per heavy atom. The van der Waals surface area contributed by atoms with E-state index in [4.69, 9.17) is 0 Å². The van der Waals surface area contributed by atoms with Crippen molar-refractivity contribution in [2.24, 2.45) is 0 Å². The monoisotopic (exact) mass is 299 g/mol. The van der Waals surface area contributed by atoms with Gasteiger partial charge in [0.05, 0.1) is 0 Å². The van der Waals surface area contributed by atoms with Crippen molar-refractivity contribution in [2.75, 3.05) is 13.6 Å². The van der Waals surface area contributed by atoms with Gasteiger partial charge in [-0.15, -0.1) is 0 Å². The molecule has 5 heteroatoms. The van der Waals surface area contributed by atoms with E-state index in [9.17, 15) is 0 Å². The Balaban J connectivity index is 2.91. The molecule has 112 valence electrons. The van der Waals surface area contributed by atoms with Crippen molar-refractivity contribution in [2.45, 2.75) is 65.3 Å². The standard InChI is InChI=1S/C14H33N3Si2/c1-13(2)16-11-10-15(3)14(16)12-17(18(4,5)6)19(7,8)9/h10-11,13-14H,12H2,1-9H3. The molecule has 0 fully saturated rings. The predicted octanol–water partition coefficient (Wildman–Crippen LogP) is 3.41. The smallest absolute Gasteiger partial charge is 0.112 e. The fourth-order valence-electron chi connectivity index (χ4n) is 3.05. The van der Waals surface area contributed by atoms with Crippen molar-refractivity contribution in [3.05, 3.63) is 12.4 Å². The van der Waals surface area contributed by atoms with Crippen LogP contribution in [0.4, 0.5) is 0 Å². The molecule has 1 unspecified atom stereocenters. The second kappa shape index (κ2) is 5.62. The maximum atomic E-state index is 2.88. The lowest BCUT2D eigenvalue weighted by molar-refractivity contribution is 0.134. The van der Waals surface area contributed by atoms with Crippen molar-refractivity contribution < 1.29 is 0 Å². The first kappa shape index (κ1) is 16.8. The Bertz CT molecular complexity index is 315. The van der Waals surface area contributed by atoms with E-state index >= 15 is 0 Å². The van der Waals surface area contributed by atoms with Gasteiger partial charge in [0.1, 0.15) is 22.6 Å². The van der Waals surface area contributed by atoms with Crippen LogP contribution < -0.4 is 0 Å². The molecule has 0 amide bonds. The number of likely N-dealkylation sites (N-methyl/N-ethyl adjacent to an activating group) is 1. The zero-order valence-corrected chi connectivity index (χ0v) is 16.4. The van der Waals surface area contributed by atoms with Gasteiger partial charge in [-0.2, -0.15) is 0 Å². The number of hydrogen-bond acceptors (Lipinski definition) is 3. The zero-order chi connectivity index (χ0) is 15.0. The molecule has 0 aromatic carbocycles. The molecular formula is C14H33N3Si2. The van der Waals surface area contributed by atoms with Crippen molar-refractivity contribution in [3.63, 3.8) is 0 Å². The molecule has 0 aromatic heterocycles. The van der Waals surface area contributed by atoms with Gasteiger partial charge in [0.2, 0.25) is 0 Å². The summed E-state index contributed by atoms with van der Waals surface area (Å²) >= 11 is 0. The fourth-order valence-corrected chi connectivity index (χ4v) is 12.5. The highest BCUT2D eigenvalue weighted by atomic mass is 28.4. The van der Waals surface area contributed by atoms with Crippen LogP contribution in [0, 0.1) is 0 Å². The summed E-state index contributed by atoms with van der Waals surface area (Å²) in [7, 11) is -0.335. The van der Waals surface area contributed by atoms with Gasteiger partial charge in [-0.1, -0.05) is 39.3 Å². The molecule has 0 saturated heterocycles. The lowest BCUT2D eigenvalue weighted by Gasteiger charge is -2.47. The SMILES string of the molecule is CC(C)N1C=CN(C)C1CN([Si](C)(C)C)[Si](C)(C)C. The Morgan fingerprint density at radius 1 is 1.00 bits per heavy atom. The average Bonchev–Trinajstić information content (AvgIpc) is 2.52. The van der Waals surface area contributed by atoms with Crippen molar-refractivity contribution in [3.8, 4) is 0 Å². The van der Waals surface area contributed by atoms with E-state index < -0.39 is 16.5 Å². The lowest BCUT2D eigenvalue weighted by atomic mass is 10.3. The highest BCUT2D eigenvalue weighted by Crippen LogP contribution is 2.25. The van der Waals surface area contributed by atoms with E-state index in [0.29, 0.717) is 12.2 Å². The molecule has 0 spiro atoms. The summed E-state index contributed by atoms with van der Waals surface area (Å²) in [5.74, 6) is 0. The second-order valence-corrected chi connectivity index (χ2v) is 18.1. The fraction of sp³-hybridized carbons (Fsp3) is 0.857. The highest BCUT2D eigenvalue weighted by Gasteiger charge is 2.38. The second-order valence-electron chi connectivity index (χ2n) is 7.94. The van der Waals surface area contributed by atoms with Gasteiger partial charge >= 0.3 is 0 Å². The van der Waals surface area contributed by atoms with E-state index in [1.165, 1.54) is 6.54 Å². The van der Waals surface area contributed by atoms with Crippen LogP contribution >= 0.6 is 0 Å². The van der Waals surface area contributed by atoms with Gasteiger partial charge in [-0.05, 0) is 13.8 Å². The highest BCUT2D eigenvalue weighted by molar-refractivity contribution is 6.89. The molecule has 1 heterocycles. The van der Waals surface area contributed by atoms with Crippen LogP contribution in [-0.4, -0.2) is 56.3 Å². The maximum Gasteiger partial charge on any atom is 0.112 e. The maximum absolute atomic E-state index is 2.88. The molecule has 1 aliphatic rings. The van der Waals surface area contributed by atoms with Gasteiger partial charge < -0.3 is 14.0 Å². The molecule has 0 aliphatic carbocycles. The third-order valence-electron chi connectivity index (χ3n) is 3.85. The molecule has 0 N–H and O–H groups in total. The van der Waals surface area contributed by atoms with E-state index in [2.05, 4.69) is 86.6 Å². The molecule has 0 aromatic rings. The van der Waals surface area contributed by atoms with Gasteiger partial charge in [0.25, 0.3) is 0 Å². The van der Waals surface area contributed by atoms with Crippen LogP contribution in [0.3, 0.4) is 0 Å². The zero-order valence-electron chi connectivity index (χ0n) is 14.4. The topological polar surface area (TPSA) is 9.72 Å². The summed E-state index contributed by atoms with van der Waals surface area (Å²) in [5, 5.41) is 0. The molecule has 0 bridgehead atoms. The van der Waals surface area contributed by atoms with E-state index in [1.807, 2.05) is 0 Å². The molecule has 1 rings (SSSR count). The van der Waals surface area contributed by atoms with Crippen molar-refractivity contribution >= 4 is 16.5 Å². The largest absolute Gasteiger partial charge is 0.358 e. The minimum Gasteiger partial charge on any atom is -0.358 e. The van der Waals surface area contributed by atoms with E-state index in [0.717, 1.165) is 0 Å². The summed E-state index contributed by atoms with van der Waals surface area (Å²) in [6.07, 6.45) is 4.97. The first-order chi connectivity index (χ1) is 8.44. The molecule has 0 radical (unpaired) electrons. The molecular weight excluding hydrogens is 266 g/mol. The van der Waals surface area contributed by atoms with Crippen LogP contribution in [-0.2, 0) is 0 Å². The first-order valence-electron chi connectivity index (χ1n) is 7.40. The Morgan fingerprint density at radius 2 is 1.47 bits per heavy atom. The number of hydrogen-bond donors (Lipinski definition) is 0. The summed E-state index contributed by atoms with van der Waals surface area (Å²) in [6, 6.07) is 0.566. The first-order valence-corrected chi connectivity index (χ1v) is 14.3. The normalized spacial score (nSPS) is 21.1. The molecule has 3 nitrogen and oxygen atoms in total. The van der Waals surface area contributed by atoms with Gasteiger partial charge in [-0.25, -0.2) is 0 Å². The predicted molar refractivity (Wildman–Crippen MR) is 91.1 cm³/mol. The molecule has 1 aliphatic heterocycles. The Kier molecular flexibility index (Phi) is 4.96. The van der Waals surface area contributed by atoms with E-state index in [-0.39, 0.29) is 0 Å². The third-order valence-corrected chi connectivity index (χ3v) is 11.5. The van der Waals surface area contributed by atoms with Crippen LogP contribution in [0.25, 0.3) is 0 Å². The van der Waals surface area contributed by atoms with Crippen molar-refractivity contribution in [1.82, 2.24) is 14.0 Å².